The van der Waals surface area contributed by atoms with Gasteiger partial charge in [-0.3, -0.25) is 4.57 Å². The lowest BCUT2D eigenvalue weighted by atomic mass is 10.1. The summed E-state index contributed by atoms with van der Waals surface area (Å²) in [5, 5.41) is 8.55. The summed E-state index contributed by atoms with van der Waals surface area (Å²) in [5.41, 5.74) is 0. The van der Waals surface area contributed by atoms with E-state index < -0.39 is 12.9 Å². The van der Waals surface area contributed by atoms with Crippen molar-refractivity contribution < 1.29 is 23.9 Å². The third-order valence-corrected chi connectivity index (χ3v) is 7.48. The van der Waals surface area contributed by atoms with Crippen molar-refractivity contribution in [1.82, 2.24) is 0 Å². The molecule has 0 aromatic carbocycles. The van der Waals surface area contributed by atoms with Crippen LogP contribution in [-0.2, 0) is 4.57 Å². The molecule has 196 valence electrons. The molecule has 0 aliphatic heterocycles. The Kier molecular flexibility index (Phi) is 18.6. The van der Waals surface area contributed by atoms with Crippen molar-refractivity contribution in [2.45, 2.75) is 121 Å². The first-order valence-electron chi connectivity index (χ1n) is 13.4. The fourth-order valence-electron chi connectivity index (χ4n) is 4.14. The lowest BCUT2D eigenvalue weighted by molar-refractivity contribution is -0.875. The number of hydrogen-bond acceptors (Lipinski definition) is 2. The standard InChI is InChI=1S/C27H54NO4P/c1-5-6-7-8-9-10-11-12-13-14-15-16-17-18-19-20-21-22-23-24-25-27(29,33(30,31)32)26-28(2,3)4/h16-17,22-23,29H,5-15,18-21,24-26H2,1-4H3,(H-,30,31,32)/p+1/b17-16-,23-22-. The van der Waals surface area contributed by atoms with Gasteiger partial charge in [-0.1, -0.05) is 89.0 Å². The van der Waals surface area contributed by atoms with Crippen LogP contribution in [0.5, 0.6) is 0 Å². The summed E-state index contributed by atoms with van der Waals surface area (Å²) in [5.74, 6) is 0. The van der Waals surface area contributed by atoms with Gasteiger partial charge in [-0.15, -0.1) is 0 Å². The van der Waals surface area contributed by atoms with E-state index in [2.05, 4.69) is 25.2 Å². The molecule has 0 heterocycles. The number of allylic oxidation sites excluding steroid dienone is 4. The molecule has 6 heteroatoms. The molecule has 0 bridgehead atoms. The largest absolute Gasteiger partial charge is 0.373 e. The molecule has 0 fully saturated rings. The number of quaternary nitrogens is 1. The smallest absolute Gasteiger partial charge is 0.362 e. The molecule has 0 amide bonds. The van der Waals surface area contributed by atoms with Gasteiger partial charge in [0.2, 0.25) is 5.34 Å². The molecule has 0 aliphatic rings. The zero-order valence-corrected chi connectivity index (χ0v) is 23.1. The Balaban J connectivity index is 3.69. The molecule has 0 radical (unpaired) electrons. The number of nitrogens with zero attached hydrogens (tertiary/aromatic N) is 1. The molecule has 0 saturated heterocycles. The van der Waals surface area contributed by atoms with Crippen LogP contribution in [0.4, 0.5) is 0 Å². The Hall–Kier alpha value is -0.450. The summed E-state index contributed by atoms with van der Waals surface area (Å²) < 4.78 is 12.1. The van der Waals surface area contributed by atoms with Gasteiger partial charge in [-0.2, -0.15) is 0 Å². The summed E-state index contributed by atoms with van der Waals surface area (Å²) in [6.45, 7) is 2.29. The van der Waals surface area contributed by atoms with E-state index in [-0.39, 0.29) is 13.0 Å². The van der Waals surface area contributed by atoms with Crippen LogP contribution >= 0.6 is 7.60 Å². The lowest BCUT2D eigenvalue weighted by Gasteiger charge is -2.35. The molecule has 3 N–H and O–H groups in total. The first kappa shape index (κ1) is 32.5. The lowest BCUT2D eigenvalue weighted by Crippen LogP contribution is -2.49. The summed E-state index contributed by atoms with van der Waals surface area (Å²) in [4.78, 5) is 19.2. The van der Waals surface area contributed by atoms with Gasteiger partial charge in [0.05, 0.1) is 21.1 Å². The summed E-state index contributed by atoms with van der Waals surface area (Å²) >= 11 is 0. The Morgan fingerprint density at radius 2 is 1.03 bits per heavy atom. The minimum atomic E-state index is -4.58. The Morgan fingerprint density at radius 3 is 1.42 bits per heavy atom. The second-order valence-electron chi connectivity index (χ2n) is 10.7. The summed E-state index contributed by atoms with van der Waals surface area (Å²) in [7, 11) is 0.884. The maximum atomic E-state index is 11.8. The van der Waals surface area contributed by atoms with E-state index in [0.29, 0.717) is 10.9 Å². The zero-order chi connectivity index (χ0) is 25.1. The van der Waals surface area contributed by atoms with Crippen molar-refractivity contribution in [3.8, 4) is 0 Å². The third-order valence-electron chi connectivity index (χ3n) is 6.03. The zero-order valence-electron chi connectivity index (χ0n) is 22.2. The molecular formula is C27H55NO4P+. The van der Waals surface area contributed by atoms with E-state index in [1.165, 1.54) is 70.6 Å². The van der Waals surface area contributed by atoms with Crippen LogP contribution in [0.1, 0.15) is 116 Å². The minimum Gasteiger partial charge on any atom is -0.373 e. The molecule has 1 unspecified atom stereocenters. The van der Waals surface area contributed by atoms with Crippen molar-refractivity contribution in [2.75, 3.05) is 27.7 Å². The number of likely N-dealkylation sites (N-methyl/N-ethyl adjacent to an activating group) is 1. The molecule has 5 nitrogen and oxygen atoms in total. The van der Waals surface area contributed by atoms with E-state index in [9.17, 15) is 19.5 Å². The van der Waals surface area contributed by atoms with Crippen molar-refractivity contribution >= 4 is 7.60 Å². The van der Waals surface area contributed by atoms with E-state index in [1.807, 2.05) is 27.2 Å². The molecular weight excluding hydrogens is 433 g/mol. The van der Waals surface area contributed by atoms with Crippen LogP contribution in [-0.4, -0.2) is 52.4 Å². The monoisotopic (exact) mass is 488 g/mol. The van der Waals surface area contributed by atoms with Crippen molar-refractivity contribution in [3.63, 3.8) is 0 Å². The van der Waals surface area contributed by atoms with Gasteiger partial charge in [0.15, 0.2) is 0 Å². The van der Waals surface area contributed by atoms with E-state index in [0.717, 1.165) is 25.7 Å². The highest BCUT2D eigenvalue weighted by Crippen LogP contribution is 2.52. The quantitative estimate of drug-likeness (QED) is 0.0645. The topological polar surface area (TPSA) is 77.8 Å². The van der Waals surface area contributed by atoms with Gasteiger partial charge in [0.25, 0.3) is 0 Å². The maximum absolute atomic E-state index is 11.8. The second-order valence-corrected chi connectivity index (χ2v) is 12.6. The normalized spacial score (nSPS) is 15.0. The van der Waals surface area contributed by atoms with Gasteiger partial charge in [0, 0.05) is 0 Å². The number of hydrogen-bond donors (Lipinski definition) is 3. The van der Waals surface area contributed by atoms with Gasteiger partial charge < -0.3 is 19.4 Å². The van der Waals surface area contributed by atoms with Crippen molar-refractivity contribution in [2.24, 2.45) is 0 Å². The van der Waals surface area contributed by atoms with Gasteiger partial charge in [0.1, 0.15) is 6.54 Å². The average molecular weight is 489 g/mol. The third kappa shape index (κ3) is 19.5. The van der Waals surface area contributed by atoms with Crippen LogP contribution in [0.3, 0.4) is 0 Å². The van der Waals surface area contributed by atoms with Gasteiger partial charge >= 0.3 is 7.60 Å². The molecule has 0 rings (SSSR count). The summed E-state index contributed by atoms with van der Waals surface area (Å²) in [6, 6.07) is 0. The molecule has 0 aliphatic carbocycles. The average Bonchev–Trinajstić information content (AvgIpc) is 2.70. The Bertz CT molecular complexity index is 565. The first-order chi connectivity index (χ1) is 15.5. The maximum Gasteiger partial charge on any atom is 0.362 e. The van der Waals surface area contributed by atoms with Crippen LogP contribution in [0.15, 0.2) is 24.3 Å². The highest BCUT2D eigenvalue weighted by Gasteiger charge is 2.48. The fourth-order valence-corrected chi connectivity index (χ4v) is 5.17. The Morgan fingerprint density at radius 1 is 0.667 bits per heavy atom. The molecule has 0 spiro atoms. The summed E-state index contributed by atoms with van der Waals surface area (Å²) in [6.07, 6.45) is 28.6. The molecule has 1 atom stereocenters. The predicted molar refractivity (Wildman–Crippen MR) is 142 cm³/mol. The van der Waals surface area contributed by atoms with Gasteiger partial charge in [-0.25, -0.2) is 0 Å². The first-order valence-corrected chi connectivity index (χ1v) is 15.0. The number of unbranched alkanes of at least 4 members (excludes halogenated alkanes) is 13. The predicted octanol–water partition coefficient (Wildman–Crippen LogP) is 7.32. The van der Waals surface area contributed by atoms with E-state index in [4.69, 9.17) is 0 Å². The van der Waals surface area contributed by atoms with E-state index >= 15 is 0 Å². The van der Waals surface area contributed by atoms with Crippen molar-refractivity contribution in [1.29, 1.82) is 0 Å². The number of aliphatic hydroxyl groups is 1. The highest BCUT2D eigenvalue weighted by molar-refractivity contribution is 7.53. The van der Waals surface area contributed by atoms with E-state index in [1.54, 1.807) is 0 Å². The van der Waals surface area contributed by atoms with Crippen LogP contribution in [0.25, 0.3) is 0 Å². The molecule has 0 aromatic rings. The van der Waals surface area contributed by atoms with Crippen LogP contribution < -0.4 is 0 Å². The molecule has 0 aromatic heterocycles. The highest BCUT2D eigenvalue weighted by atomic mass is 31.2. The SMILES string of the molecule is CCCCCCCCCCCC/C=C\CCCC/C=C\CCC(O)(C[N+](C)(C)C)P(=O)(O)O. The second kappa shape index (κ2) is 18.8. The fraction of sp³-hybridized carbons (Fsp3) is 0.852. The molecule has 33 heavy (non-hydrogen) atoms. The minimum absolute atomic E-state index is 0.0244. The van der Waals surface area contributed by atoms with Gasteiger partial charge in [-0.05, 0) is 51.4 Å². The Labute approximate surface area is 205 Å². The van der Waals surface area contributed by atoms with Crippen LogP contribution in [0, 0.1) is 0 Å². The molecule has 0 saturated carbocycles. The van der Waals surface area contributed by atoms with Crippen LogP contribution in [0.2, 0.25) is 0 Å². The number of rotatable bonds is 22. The van der Waals surface area contributed by atoms with Crippen molar-refractivity contribution in [3.05, 3.63) is 24.3 Å².